The van der Waals surface area contributed by atoms with E-state index < -0.39 is 126 Å². The molecule has 0 bridgehead atoms. The summed E-state index contributed by atoms with van der Waals surface area (Å²) >= 11 is 26.1. The van der Waals surface area contributed by atoms with Crippen LogP contribution >= 0.6 is 46.4 Å². The second-order valence-corrected chi connectivity index (χ2v) is 25.2. The van der Waals surface area contributed by atoms with Crippen molar-refractivity contribution in [2.75, 3.05) is 13.2 Å². The van der Waals surface area contributed by atoms with E-state index in [0.717, 1.165) is 13.8 Å². The Morgan fingerprint density at radius 1 is 0.743 bits per heavy atom. The molecule has 4 heterocycles. The number of para-hydroxylation sites is 2. The van der Waals surface area contributed by atoms with Gasteiger partial charge in [0, 0.05) is 27.2 Å². The van der Waals surface area contributed by atoms with Crippen LogP contribution in [0, 0.1) is 0 Å². The molecular formula is C48H47Cl4NO16Si. The molecule has 3 fully saturated rings. The van der Waals surface area contributed by atoms with Gasteiger partial charge in [0.15, 0.2) is 43.3 Å². The highest BCUT2D eigenvalue weighted by Crippen LogP contribution is 2.48. The number of hydrogen-bond donors (Lipinski definition) is 1. The zero-order valence-corrected chi connectivity index (χ0v) is 42.1. The second-order valence-electron chi connectivity index (χ2n) is 18.1. The maximum atomic E-state index is 14.8. The van der Waals surface area contributed by atoms with E-state index in [2.05, 4.69) is 19.6 Å². The van der Waals surface area contributed by atoms with E-state index in [0.29, 0.717) is 16.5 Å². The average Bonchev–Trinajstić information content (AvgIpc) is 3.58. The molecule has 1 unspecified atom stereocenters. The van der Waals surface area contributed by atoms with E-state index in [9.17, 15) is 29.1 Å². The van der Waals surface area contributed by atoms with Crippen LogP contribution in [0.4, 0.5) is 4.79 Å². The number of rotatable bonds is 13. The van der Waals surface area contributed by atoms with Crippen molar-refractivity contribution in [2.45, 2.75) is 107 Å². The van der Waals surface area contributed by atoms with Crippen molar-refractivity contribution in [3.8, 4) is 11.5 Å². The third-order valence-corrected chi connectivity index (χ3v) is 15.3. The number of carbonyl (C=O) groups is 5. The van der Waals surface area contributed by atoms with E-state index in [1.165, 1.54) is 24.3 Å². The molecule has 0 aromatic heterocycles. The molecule has 4 aromatic carbocycles. The molecule has 1 N–H and O–H groups in total. The summed E-state index contributed by atoms with van der Waals surface area (Å²) in [6, 6.07) is 23.3. The zero-order valence-electron chi connectivity index (χ0n) is 38.1. The van der Waals surface area contributed by atoms with Gasteiger partial charge in [0.2, 0.25) is 0 Å². The minimum atomic E-state index is -2.56. The Morgan fingerprint density at radius 3 is 1.86 bits per heavy atom. The molecule has 22 heteroatoms. The Kier molecular flexibility index (Phi) is 15.6. The molecular weight excluding hydrogens is 1020 g/mol. The summed E-state index contributed by atoms with van der Waals surface area (Å²) in [5.41, 5.74) is -2.84. The topological polar surface area (TPSA) is 201 Å². The van der Waals surface area contributed by atoms with Gasteiger partial charge in [-0.15, -0.1) is 0 Å². The predicted molar refractivity (Wildman–Crippen MR) is 253 cm³/mol. The Hall–Kier alpha value is -4.67. The summed E-state index contributed by atoms with van der Waals surface area (Å²) in [4.78, 5) is 71.6. The predicted octanol–water partition coefficient (Wildman–Crippen LogP) is 8.44. The first kappa shape index (κ1) is 51.7. The molecule has 11 atom stereocenters. The van der Waals surface area contributed by atoms with Crippen LogP contribution in [-0.4, -0.2) is 122 Å². The van der Waals surface area contributed by atoms with E-state index in [-0.39, 0.29) is 34.8 Å². The fraction of sp³-hybridized carbons (Fsp3) is 0.396. The largest absolute Gasteiger partial charge is 0.514 e. The number of carbonyl (C=O) groups excluding carboxylic acids is 5. The van der Waals surface area contributed by atoms with Gasteiger partial charge in [-0.05, 0) is 37.2 Å². The number of imide groups is 1. The first-order chi connectivity index (χ1) is 33.2. The first-order valence-electron chi connectivity index (χ1n) is 22.0. The summed E-state index contributed by atoms with van der Waals surface area (Å²) in [5, 5.41) is 11.2. The lowest BCUT2D eigenvalue weighted by Gasteiger charge is -2.53. The Labute approximate surface area is 422 Å². The summed E-state index contributed by atoms with van der Waals surface area (Å²) in [6.45, 7) is 8.28. The van der Waals surface area contributed by atoms with Crippen molar-refractivity contribution in [3.63, 3.8) is 0 Å². The van der Waals surface area contributed by atoms with E-state index in [4.69, 9.17) is 93.8 Å². The molecule has 3 saturated heterocycles. The van der Waals surface area contributed by atoms with Crippen molar-refractivity contribution in [1.29, 1.82) is 0 Å². The summed E-state index contributed by atoms with van der Waals surface area (Å²) < 4.78 is 61.8. The average molecular weight is 1060 g/mol. The Morgan fingerprint density at radius 2 is 1.30 bits per heavy atom. The van der Waals surface area contributed by atoms with Crippen molar-refractivity contribution in [3.05, 3.63) is 128 Å². The first-order valence-corrected chi connectivity index (χ1v) is 27.2. The number of benzene rings is 4. The maximum absolute atomic E-state index is 14.8. The SMILES string of the molecule is CC(=O)O[C@H]1[C@@H]2OC(c3ccccc3)OC[C@H]2O[C@@H](O[C@H]2[C@H](OCC[Si](C)(C)C)O[C@H](C(=O)Oc3ccccc3)[C@@](C)(O)[C@@H]2OC(=O)Oc2ccccc2)[C@@H]1N1C(=O)c2c(Cl)c(Cl)c(Cl)c(Cl)c2C1=O. The number of esters is 2. The highest BCUT2D eigenvalue weighted by molar-refractivity contribution is 6.76. The van der Waals surface area contributed by atoms with Crippen molar-refractivity contribution < 1.29 is 76.4 Å². The van der Waals surface area contributed by atoms with Gasteiger partial charge in [-0.2, -0.15) is 0 Å². The number of aliphatic hydroxyl groups is 1. The molecule has 0 saturated carbocycles. The number of hydrogen-bond acceptors (Lipinski definition) is 16. The monoisotopic (exact) mass is 1060 g/mol. The quantitative estimate of drug-likeness (QED) is 0.0254. The van der Waals surface area contributed by atoms with Crippen LogP contribution in [0.15, 0.2) is 91.0 Å². The van der Waals surface area contributed by atoms with Gasteiger partial charge in [-0.1, -0.05) is 133 Å². The van der Waals surface area contributed by atoms with Gasteiger partial charge in [0.05, 0.1) is 37.8 Å². The number of amides is 2. The number of nitrogens with zero attached hydrogens (tertiary/aromatic N) is 1. The molecule has 372 valence electrons. The Bertz CT molecular complexity index is 2560. The van der Waals surface area contributed by atoms with Crippen molar-refractivity contribution in [2.24, 2.45) is 0 Å². The molecule has 0 aliphatic carbocycles. The smallest absolute Gasteiger partial charge is 0.457 e. The number of ether oxygens (including phenoxy) is 10. The lowest BCUT2D eigenvalue weighted by Crippen LogP contribution is -2.72. The lowest BCUT2D eigenvalue weighted by molar-refractivity contribution is -0.385. The summed E-state index contributed by atoms with van der Waals surface area (Å²) in [6.07, 6.45) is -15.9. The Balaban J connectivity index is 1.25. The molecule has 17 nitrogen and oxygen atoms in total. The van der Waals surface area contributed by atoms with Gasteiger partial charge in [0.1, 0.15) is 35.3 Å². The third kappa shape index (κ3) is 10.7. The van der Waals surface area contributed by atoms with Crippen molar-refractivity contribution in [1.82, 2.24) is 4.90 Å². The maximum Gasteiger partial charge on any atom is 0.514 e. The molecule has 4 aliphatic heterocycles. The summed E-state index contributed by atoms with van der Waals surface area (Å²) in [5.74, 6) is -3.98. The van der Waals surface area contributed by atoms with Crippen LogP contribution < -0.4 is 9.47 Å². The van der Waals surface area contributed by atoms with E-state index >= 15 is 0 Å². The van der Waals surface area contributed by atoms with Crippen molar-refractivity contribution >= 4 is 84.4 Å². The van der Waals surface area contributed by atoms with Crippen LogP contribution in [0.3, 0.4) is 0 Å². The minimum absolute atomic E-state index is 0.000766. The molecule has 0 radical (unpaired) electrons. The minimum Gasteiger partial charge on any atom is -0.457 e. The third-order valence-electron chi connectivity index (χ3n) is 11.8. The normalized spacial score (nSPS) is 28.6. The number of halogens is 4. The van der Waals surface area contributed by atoms with Gasteiger partial charge >= 0.3 is 18.1 Å². The van der Waals surface area contributed by atoms with Crippen LogP contribution in [-0.2, 0) is 47.5 Å². The van der Waals surface area contributed by atoms with E-state index in [1.807, 2.05) is 0 Å². The van der Waals surface area contributed by atoms with Gasteiger partial charge in [0.25, 0.3) is 11.8 Å². The highest BCUT2D eigenvalue weighted by atomic mass is 35.5. The second kappa shape index (κ2) is 21.2. The van der Waals surface area contributed by atoms with Crippen LogP contribution in [0.1, 0.15) is 46.4 Å². The number of fused-ring (bicyclic) bond motifs is 2. The fourth-order valence-electron chi connectivity index (χ4n) is 8.42. The molecule has 4 aliphatic rings. The molecule has 0 spiro atoms. The molecule has 2 amide bonds. The molecule has 8 rings (SSSR count). The molecule has 70 heavy (non-hydrogen) atoms. The van der Waals surface area contributed by atoms with Crippen LogP contribution in [0.2, 0.25) is 45.8 Å². The van der Waals surface area contributed by atoms with Gasteiger partial charge < -0.3 is 52.5 Å². The lowest BCUT2D eigenvalue weighted by atomic mass is 9.85. The van der Waals surface area contributed by atoms with E-state index in [1.54, 1.807) is 66.7 Å². The van der Waals surface area contributed by atoms with Crippen LogP contribution in [0.25, 0.3) is 0 Å². The van der Waals surface area contributed by atoms with Gasteiger partial charge in [-0.3, -0.25) is 19.3 Å². The van der Waals surface area contributed by atoms with Gasteiger partial charge in [-0.25, -0.2) is 9.59 Å². The highest BCUT2D eigenvalue weighted by Gasteiger charge is 2.64. The zero-order chi connectivity index (χ0) is 50.2. The molecule has 4 aromatic rings. The standard InChI is InChI=1S/C48H47Cl4NO16Si/c1-24(54)62-37-35(53-41(55)29-30(42(53)56)32(50)34(52)33(51)31(29)49)45(65-28-23-61-44(66-36(28)37)25-15-9-6-10-16-25)67-38-39(69-47(58)64-27-19-13-8-14-20-27)48(2,59)40(43(57)63-26-17-11-7-12-18-26)68-46(38)60-21-22-70(3,4)5/h6-20,28,35-40,44-46,59H,21-23H2,1-5H3/t28-,35-,36-,37-,38-,39-,40-,44?,45+,46-,48+/m1/s1. The van der Waals surface area contributed by atoms with Crippen LogP contribution in [0.5, 0.6) is 11.5 Å². The fourth-order valence-corrected chi connectivity index (χ4v) is 10.2. The summed E-state index contributed by atoms with van der Waals surface area (Å²) in [7, 11) is -1.87.